The highest BCUT2D eigenvalue weighted by molar-refractivity contribution is 5.76. The number of alkyl halides is 2. The molecule has 6 heteroatoms. The van der Waals surface area contributed by atoms with E-state index < -0.39 is 6.43 Å². The summed E-state index contributed by atoms with van der Waals surface area (Å²) in [5.41, 5.74) is 1.36. The third-order valence-electron chi connectivity index (χ3n) is 2.81. The largest absolute Gasteiger partial charge is 0.280 e. The van der Waals surface area contributed by atoms with Crippen molar-refractivity contribution in [3.05, 3.63) is 54.2 Å². The Morgan fingerprint density at radius 2 is 1.79 bits per heavy atom. The molecule has 19 heavy (non-hydrogen) atoms. The van der Waals surface area contributed by atoms with E-state index in [1.807, 2.05) is 0 Å². The van der Waals surface area contributed by atoms with Crippen LogP contribution < -0.4 is 0 Å². The molecule has 3 rings (SSSR count). The van der Waals surface area contributed by atoms with Gasteiger partial charge < -0.3 is 0 Å². The molecule has 0 amide bonds. The van der Waals surface area contributed by atoms with Crippen LogP contribution in [0.2, 0.25) is 0 Å². The lowest BCUT2D eigenvalue weighted by molar-refractivity contribution is 0.143. The first-order valence-corrected chi connectivity index (χ1v) is 5.53. The third-order valence-corrected chi connectivity index (χ3v) is 2.81. The molecule has 1 aromatic carbocycles. The summed E-state index contributed by atoms with van der Waals surface area (Å²) in [6.45, 7) is 0. The van der Waals surface area contributed by atoms with Crippen LogP contribution in [0.3, 0.4) is 0 Å². The van der Waals surface area contributed by atoms with Crippen LogP contribution in [0.5, 0.6) is 0 Å². The van der Waals surface area contributed by atoms with Gasteiger partial charge in [-0.25, -0.2) is 22.7 Å². The zero-order chi connectivity index (χ0) is 13.4. The van der Waals surface area contributed by atoms with Gasteiger partial charge in [-0.3, -0.25) is 0 Å². The molecule has 0 spiro atoms. The summed E-state index contributed by atoms with van der Waals surface area (Å²) in [7, 11) is 0. The average molecular weight is 263 g/mol. The van der Waals surface area contributed by atoms with Gasteiger partial charge in [-0.05, 0) is 23.8 Å². The van der Waals surface area contributed by atoms with Gasteiger partial charge in [-0.1, -0.05) is 12.1 Å². The molecule has 0 radical (unpaired) electrons. The molecule has 0 saturated heterocycles. The summed E-state index contributed by atoms with van der Waals surface area (Å²) in [4.78, 5) is 4.06. The summed E-state index contributed by atoms with van der Waals surface area (Å²) in [5, 5.41) is 3.92. The number of halogens is 3. The van der Waals surface area contributed by atoms with Gasteiger partial charge >= 0.3 is 0 Å². The summed E-state index contributed by atoms with van der Waals surface area (Å²) < 4.78 is 39.6. The predicted molar refractivity (Wildman–Crippen MR) is 63.3 cm³/mol. The topological polar surface area (TPSA) is 30.2 Å². The SMILES string of the molecule is Fc1ccc(-c2cnn3c(C(F)F)ccnc23)cc1. The molecular weight excluding hydrogens is 255 g/mol. The van der Waals surface area contributed by atoms with E-state index in [2.05, 4.69) is 10.1 Å². The normalized spacial score (nSPS) is 11.4. The molecule has 0 atom stereocenters. The number of hydrogen-bond acceptors (Lipinski definition) is 2. The van der Waals surface area contributed by atoms with Crippen LogP contribution in [0, 0.1) is 5.82 Å². The Hall–Kier alpha value is -2.37. The standard InChI is InChI=1S/C13H8F3N3/c14-9-3-1-8(2-4-9)10-7-18-19-11(12(15)16)5-6-17-13(10)19/h1-7,12H. The second-order valence-corrected chi connectivity index (χ2v) is 3.97. The van der Waals surface area contributed by atoms with Gasteiger partial charge in [0.15, 0.2) is 5.65 Å². The lowest BCUT2D eigenvalue weighted by Crippen LogP contribution is -2.00. The molecule has 0 aliphatic carbocycles. The molecule has 2 heterocycles. The highest BCUT2D eigenvalue weighted by Gasteiger charge is 2.15. The molecule has 0 aliphatic rings. The van der Waals surface area contributed by atoms with Crippen molar-refractivity contribution in [1.82, 2.24) is 14.6 Å². The van der Waals surface area contributed by atoms with E-state index >= 15 is 0 Å². The zero-order valence-electron chi connectivity index (χ0n) is 9.59. The van der Waals surface area contributed by atoms with Crippen molar-refractivity contribution >= 4 is 5.65 Å². The summed E-state index contributed by atoms with van der Waals surface area (Å²) >= 11 is 0. The second kappa shape index (κ2) is 4.38. The van der Waals surface area contributed by atoms with Crippen LogP contribution in [0.15, 0.2) is 42.7 Å². The first-order valence-electron chi connectivity index (χ1n) is 5.53. The van der Waals surface area contributed by atoms with E-state index in [9.17, 15) is 13.2 Å². The highest BCUT2D eigenvalue weighted by Crippen LogP contribution is 2.26. The van der Waals surface area contributed by atoms with Crippen molar-refractivity contribution in [3.63, 3.8) is 0 Å². The van der Waals surface area contributed by atoms with E-state index in [0.29, 0.717) is 16.8 Å². The van der Waals surface area contributed by atoms with Crippen LogP contribution in [0.4, 0.5) is 13.2 Å². The predicted octanol–water partition coefficient (Wildman–Crippen LogP) is 3.47. The van der Waals surface area contributed by atoms with Crippen molar-refractivity contribution in [2.24, 2.45) is 0 Å². The van der Waals surface area contributed by atoms with Crippen molar-refractivity contribution < 1.29 is 13.2 Å². The fraction of sp³-hybridized carbons (Fsp3) is 0.0769. The molecule has 2 aromatic heterocycles. The summed E-state index contributed by atoms with van der Waals surface area (Å²) in [5.74, 6) is -0.360. The number of nitrogens with zero attached hydrogens (tertiary/aromatic N) is 3. The van der Waals surface area contributed by atoms with Crippen LogP contribution in [0.25, 0.3) is 16.8 Å². The van der Waals surface area contributed by atoms with Crippen molar-refractivity contribution in [2.45, 2.75) is 6.43 Å². The minimum atomic E-state index is -2.63. The number of benzene rings is 1. The molecule has 0 N–H and O–H groups in total. The maximum atomic E-state index is 12.9. The van der Waals surface area contributed by atoms with E-state index in [1.54, 1.807) is 12.1 Å². The van der Waals surface area contributed by atoms with Crippen LogP contribution in [-0.2, 0) is 0 Å². The minimum absolute atomic E-state index is 0.224. The Labute approximate surface area is 106 Å². The first-order chi connectivity index (χ1) is 9.16. The first kappa shape index (κ1) is 11.7. The number of fused-ring (bicyclic) bond motifs is 1. The molecule has 3 nitrogen and oxygen atoms in total. The third kappa shape index (κ3) is 1.95. The number of hydrogen-bond donors (Lipinski definition) is 0. The Kier molecular flexibility index (Phi) is 2.70. The van der Waals surface area contributed by atoms with Gasteiger partial charge in [0.2, 0.25) is 0 Å². The molecule has 0 unspecified atom stereocenters. The van der Waals surface area contributed by atoms with Crippen LogP contribution in [-0.4, -0.2) is 14.6 Å². The fourth-order valence-electron chi connectivity index (χ4n) is 1.91. The van der Waals surface area contributed by atoms with Crippen molar-refractivity contribution in [1.29, 1.82) is 0 Å². The molecule has 0 saturated carbocycles. The lowest BCUT2D eigenvalue weighted by Gasteiger charge is -2.03. The van der Waals surface area contributed by atoms with Crippen LogP contribution >= 0.6 is 0 Å². The van der Waals surface area contributed by atoms with Crippen LogP contribution in [0.1, 0.15) is 12.1 Å². The van der Waals surface area contributed by atoms with E-state index in [-0.39, 0.29) is 11.5 Å². The van der Waals surface area contributed by atoms with Crippen molar-refractivity contribution in [2.75, 3.05) is 0 Å². The smallest absolute Gasteiger partial charge is 0.236 e. The Morgan fingerprint density at radius 1 is 1.05 bits per heavy atom. The zero-order valence-corrected chi connectivity index (χ0v) is 9.59. The molecule has 0 bridgehead atoms. The molecule has 3 aromatic rings. The van der Waals surface area contributed by atoms with Gasteiger partial charge in [-0.2, -0.15) is 5.10 Å². The molecule has 96 valence electrons. The molecule has 0 fully saturated rings. The van der Waals surface area contributed by atoms with Gasteiger partial charge in [0.1, 0.15) is 11.5 Å². The van der Waals surface area contributed by atoms with Gasteiger partial charge in [0.05, 0.1) is 6.20 Å². The average Bonchev–Trinajstić information content (AvgIpc) is 2.83. The van der Waals surface area contributed by atoms with E-state index in [4.69, 9.17) is 0 Å². The monoisotopic (exact) mass is 263 g/mol. The molecule has 0 aliphatic heterocycles. The minimum Gasteiger partial charge on any atom is -0.236 e. The second-order valence-electron chi connectivity index (χ2n) is 3.97. The quantitative estimate of drug-likeness (QED) is 0.708. The van der Waals surface area contributed by atoms with E-state index in [1.165, 1.54) is 30.6 Å². The van der Waals surface area contributed by atoms with E-state index in [0.717, 1.165) is 4.52 Å². The van der Waals surface area contributed by atoms with Gasteiger partial charge in [0.25, 0.3) is 6.43 Å². The summed E-state index contributed by atoms with van der Waals surface area (Å²) in [6.07, 6.45) is 0.124. The Bertz CT molecular complexity index is 720. The number of aromatic nitrogens is 3. The maximum absolute atomic E-state index is 12.9. The lowest BCUT2D eigenvalue weighted by atomic mass is 10.1. The van der Waals surface area contributed by atoms with Gasteiger partial charge in [-0.15, -0.1) is 0 Å². The summed E-state index contributed by atoms with van der Waals surface area (Å²) in [6, 6.07) is 6.94. The fourth-order valence-corrected chi connectivity index (χ4v) is 1.91. The number of rotatable bonds is 2. The van der Waals surface area contributed by atoms with Gasteiger partial charge in [0, 0.05) is 11.8 Å². The Morgan fingerprint density at radius 3 is 2.47 bits per heavy atom. The Balaban J connectivity index is 2.21. The maximum Gasteiger partial charge on any atom is 0.280 e. The molecular formula is C13H8F3N3. The highest BCUT2D eigenvalue weighted by atomic mass is 19.3. The van der Waals surface area contributed by atoms with Crippen molar-refractivity contribution in [3.8, 4) is 11.1 Å².